The first-order chi connectivity index (χ1) is 16.5. The van der Waals surface area contributed by atoms with Gasteiger partial charge in [0, 0.05) is 37.1 Å². The van der Waals surface area contributed by atoms with E-state index < -0.39 is 26.2 Å². The molecule has 2 heterocycles. The van der Waals surface area contributed by atoms with Crippen LogP contribution >= 0.6 is 0 Å². The molecule has 0 spiro atoms. The third-order valence-corrected chi connectivity index (χ3v) is 7.17. The number of carbonyl (C=O) groups excluding carboxylic acids is 1. The Kier molecular flexibility index (Phi) is 6.82. The third-order valence-electron chi connectivity index (χ3n) is 5.67. The Hall–Kier alpha value is -3.44. The van der Waals surface area contributed by atoms with Crippen molar-refractivity contribution >= 4 is 21.5 Å². The maximum atomic E-state index is 12.8. The number of rotatable bonds is 6. The van der Waals surface area contributed by atoms with E-state index in [4.69, 9.17) is 4.74 Å². The molecule has 1 aliphatic rings. The molecule has 2 aromatic carbocycles. The molecular formula is C24H22F3N3O4S. The highest BCUT2D eigenvalue weighted by molar-refractivity contribution is 7.92. The van der Waals surface area contributed by atoms with E-state index in [1.165, 1.54) is 12.1 Å². The van der Waals surface area contributed by atoms with E-state index in [1.807, 2.05) is 17.9 Å². The zero-order valence-electron chi connectivity index (χ0n) is 18.6. The predicted octanol–water partition coefficient (Wildman–Crippen LogP) is 4.26. The molecule has 1 aromatic heterocycles. The average Bonchev–Trinajstić information content (AvgIpc) is 3.19. The summed E-state index contributed by atoms with van der Waals surface area (Å²) in [6.45, 7) is 3.62. The maximum absolute atomic E-state index is 12.8. The number of carbonyl (C=O) groups is 1. The van der Waals surface area contributed by atoms with Gasteiger partial charge in [0.2, 0.25) is 5.88 Å². The third kappa shape index (κ3) is 5.46. The fourth-order valence-electron chi connectivity index (χ4n) is 3.78. The molecule has 1 fully saturated rings. The minimum atomic E-state index is -5.38. The second-order valence-corrected chi connectivity index (χ2v) is 10.1. The summed E-state index contributed by atoms with van der Waals surface area (Å²) >= 11 is 0. The monoisotopic (exact) mass is 505 g/mol. The van der Waals surface area contributed by atoms with Crippen LogP contribution in [0.1, 0.15) is 22.8 Å². The second kappa shape index (κ2) is 9.67. The second-order valence-electron chi connectivity index (χ2n) is 8.16. The molecule has 0 amide bonds. The van der Waals surface area contributed by atoms with Crippen molar-refractivity contribution in [2.75, 3.05) is 18.1 Å². The van der Waals surface area contributed by atoms with Crippen molar-refractivity contribution in [3.63, 3.8) is 0 Å². The number of esters is 1. The fourth-order valence-corrected chi connectivity index (χ4v) is 4.54. The van der Waals surface area contributed by atoms with Crippen LogP contribution in [-0.4, -0.2) is 49.0 Å². The number of aromatic nitrogens is 1. The molecule has 184 valence electrons. The summed E-state index contributed by atoms with van der Waals surface area (Å²) in [5.41, 5.74) is -3.44. The standard InChI is InChI=1S/C24H22F3N3O4S/c1-17-14-30(20-7-9-21(10-8-20)35(32,33)24(25,26)27)16-29(17)15-18-11-12-28-22(13-18)34-23(31)19-5-3-2-4-6-19/h2-13,17H,14-16H2,1H3. The van der Waals surface area contributed by atoms with Gasteiger partial charge in [0.25, 0.3) is 9.84 Å². The first kappa shape index (κ1) is 24.7. The van der Waals surface area contributed by atoms with E-state index in [1.54, 1.807) is 42.6 Å². The van der Waals surface area contributed by atoms with Gasteiger partial charge in [-0.05, 0) is 55.0 Å². The van der Waals surface area contributed by atoms with Gasteiger partial charge < -0.3 is 9.64 Å². The van der Waals surface area contributed by atoms with Crippen molar-refractivity contribution in [3.8, 4) is 5.88 Å². The van der Waals surface area contributed by atoms with Crippen LogP contribution in [0.4, 0.5) is 18.9 Å². The molecule has 0 bridgehead atoms. The molecule has 1 saturated heterocycles. The number of benzene rings is 2. The van der Waals surface area contributed by atoms with Crippen LogP contribution in [0.2, 0.25) is 0 Å². The molecular weight excluding hydrogens is 483 g/mol. The van der Waals surface area contributed by atoms with Crippen LogP contribution < -0.4 is 9.64 Å². The minimum Gasteiger partial charge on any atom is -0.404 e. The Morgan fingerprint density at radius 2 is 1.77 bits per heavy atom. The molecule has 0 saturated carbocycles. The van der Waals surface area contributed by atoms with Crippen LogP contribution in [0.25, 0.3) is 0 Å². The SMILES string of the molecule is CC1CN(c2ccc(S(=O)(=O)C(F)(F)F)cc2)CN1Cc1ccnc(OC(=O)c2ccccc2)c1. The van der Waals surface area contributed by atoms with Crippen molar-refractivity contribution < 1.29 is 31.1 Å². The lowest BCUT2D eigenvalue weighted by Crippen LogP contribution is -2.28. The maximum Gasteiger partial charge on any atom is 0.501 e. The number of hydrogen-bond donors (Lipinski definition) is 0. The highest BCUT2D eigenvalue weighted by Crippen LogP contribution is 2.32. The first-order valence-corrected chi connectivity index (χ1v) is 12.2. The van der Waals surface area contributed by atoms with Crippen LogP contribution in [0.3, 0.4) is 0 Å². The van der Waals surface area contributed by atoms with E-state index in [9.17, 15) is 26.4 Å². The van der Waals surface area contributed by atoms with Gasteiger partial charge >= 0.3 is 11.5 Å². The van der Waals surface area contributed by atoms with Crippen LogP contribution in [-0.2, 0) is 16.4 Å². The number of anilines is 1. The summed E-state index contributed by atoms with van der Waals surface area (Å²) in [5, 5.41) is 0. The van der Waals surface area contributed by atoms with Gasteiger partial charge in [0.15, 0.2) is 0 Å². The Balaban J connectivity index is 1.41. The number of halogens is 3. The predicted molar refractivity (Wildman–Crippen MR) is 123 cm³/mol. The summed E-state index contributed by atoms with van der Waals surface area (Å²) in [6.07, 6.45) is 1.56. The van der Waals surface area contributed by atoms with Gasteiger partial charge in [0.1, 0.15) is 0 Å². The molecule has 7 nitrogen and oxygen atoms in total. The topological polar surface area (TPSA) is 79.8 Å². The zero-order chi connectivity index (χ0) is 25.2. The van der Waals surface area contributed by atoms with Gasteiger partial charge in [-0.3, -0.25) is 4.90 Å². The van der Waals surface area contributed by atoms with E-state index in [2.05, 4.69) is 9.88 Å². The Morgan fingerprint density at radius 1 is 1.09 bits per heavy atom. The summed E-state index contributed by atoms with van der Waals surface area (Å²) in [4.78, 5) is 19.7. The number of hydrogen-bond acceptors (Lipinski definition) is 7. The molecule has 1 aliphatic heterocycles. The van der Waals surface area contributed by atoms with Crippen molar-refractivity contribution in [3.05, 3.63) is 84.1 Å². The number of ether oxygens (including phenoxy) is 1. The van der Waals surface area contributed by atoms with Gasteiger partial charge in [-0.1, -0.05) is 18.2 Å². The van der Waals surface area contributed by atoms with E-state index >= 15 is 0 Å². The molecule has 1 unspecified atom stereocenters. The largest absolute Gasteiger partial charge is 0.501 e. The van der Waals surface area contributed by atoms with Crippen molar-refractivity contribution in [2.45, 2.75) is 29.9 Å². The number of pyridine rings is 1. The Morgan fingerprint density at radius 3 is 2.43 bits per heavy atom. The number of alkyl halides is 3. The molecule has 0 aliphatic carbocycles. The van der Waals surface area contributed by atoms with Gasteiger partial charge in [-0.2, -0.15) is 13.2 Å². The average molecular weight is 506 g/mol. The molecule has 35 heavy (non-hydrogen) atoms. The molecule has 0 radical (unpaired) electrons. The highest BCUT2D eigenvalue weighted by Gasteiger charge is 2.46. The van der Waals surface area contributed by atoms with Gasteiger partial charge in [-0.25, -0.2) is 18.2 Å². The quantitative estimate of drug-likeness (QED) is 0.463. The van der Waals surface area contributed by atoms with Gasteiger partial charge in [0.05, 0.1) is 17.1 Å². The lowest BCUT2D eigenvalue weighted by Gasteiger charge is -2.21. The molecule has 0 N–H and O–H groups in total. The molecule has 4 rings (SSSR count). The molecule has 1 atom stereocenters. The fraction of sp³-hybridized carbons (Fsp3) is 0.250. The Bertz CT molecular complexity index is 1300. The highest BCUT2D eigenvalue weighted by atomic mass is 32.2. The Labute approximate surface area is 200 Å². The summed E-state index contributed by atoms with van der Waals surface area (Å²) in [7, 11) is -5.38. The van der Waals surface area contributed by atoms with Crippen LogP contribution in [0.5, 0.6) is 5.88 Å². The van der Waals surface area contributed by atoms with E-state index in [0.717, 1.165) is 17.7 Å². The van der Waals surface area contributed by atoms with E-state index in [-0.39, 0.29) is 11.9 Å². The van der Waals surface area contributed by atoms with Crippen molar-refractivity contribution in [1.29, 1.82) is 0 Å². The first-order valence-electron chi connectivity index (χ1n) is 10.7. The van der Waals surface area contributed by atoms with Gasteiger partial charge in [-0.15, -0.1) is 0 Å². The smallest absolute Gasteiger partial charge is 0.404 e. The molecule has 11 heteroatoms. The van der Waals surface area contributed by atoms with Crippen molar-refractivity contribution in [1.82, 2.24) is 9.88 Å². The van der Waals surface area contributed by atoms with E-state index in [0.29, 0.717) is 31.0 Å². The van der Waals surface area contributed by atoms with Crippen molar-refractivity contribution in [2.24, 2.45) is 0 Å². The van der Waals surface area contributed by atoms with Crippen LogP contribution in [0, 0.1) is 0 Å². The van der Waals surface area contributed by atoms with Crippen LogP contribution in [0.15, 0.2) is 77.8 Å². The zero-order valence-corrected chi connectivity index (χ0v) is 19.5. The number of sulfone groups is 1. The molecule has 3 aromatic rings. The lowest BCUT2D eigenvalue weighted by atomic mass is 10.2. The minimum absolute atomic E-state index is 0.108. The normalized spacial score (nSPS) is 16.9. The lowest BCUT2D eigenvalue weighted by molar-refractivity contribution is -0.0436. The summed E-state index contributed by atoms with van der Waals surface area (Å²) in [5.74, 6) is -0.325. The summed E-state index contributed by atoms with van der Waals surface area (Å²) in [6, 6.07) is 16.9. The number of nitrogens with zero attached hydrogens (tertiary/aromatic N) is 3. The summed E-state index contributed by atoms with van der Waals surface area (Å²) < 4.78 is 66.9.